The molecule has 1 aromatic rings. The average Bonchev–Trinajstić information content (AvgIpc) is 2.53. The van der Waals surface area contributed by atoms with E-state index in [2.05, 4.69) is 24.3 Å². The van der Waals surface area contributed by atoms with E-state index in [4.69, 9.17) is 10.5 Å². The van der Waals surface area contributed by atoms with Crippen molar-refractivity contribution in [3.63, 3.8) is 0 Å². The van der Waals surface area contributed by atoms with Crippen LogP contribution in [-0.4, -0.2) is 41.0 Å². The Hall–Kier alpha value is -1.20. The Kier molecular flexibility index (Phi) is 5.98. The third kappa shape index (κ3) is 5.43. The van der Waals surface area contributed by atoms with Gasteiger partial charge in [0.15, 0.2) is 0 Å². The summed E-state index contributed by atoms with van der Waals surface area (Å²) in [7, 11) is 0. The first-order valence-electron chi connectivity index (χ1n) is 8.19. The number of amides is 1. The van der Waals surface area contributed by atoms with E-state index in [1.165, 1.54) is 5.56 Å². The molecular weight excluding hydrogens is 308 g/mol. The Morgan fingerprint density at radius 1 is 1.26 bits per heavy atom. The van der Waals surface area contributed by atoms with Gasteiger partial charge in [-0.25, -0.2) is 4.79 Å². The van der Waals surface area contributed by atoms with E-state index in [0.29, 0.717) is 19.6 Å². The average molecular weight is 337 g/mol. The van der Waals surface area contributed by atoms with E-state index in [1.807, 2.05) is 43.5 Å². The maximum Gasteiger partial charge on any atom is 0.410 e. The Bertz CT molecular complexity index is 506. The molecule has 4 nitrogen and oxygen atoms in total. The number of nitrogens with two attached hydrogens (primary N) is 1. The Morgan fingerprint density at radius 3 is 2.39 bits per heavy atom. The number of carbonyl (C=O) groups excluding carboxylic acids is 1. The first-order valence-corrected chi connectivity index (χ1v) is 9.18. The molecule has 0 atom stereocenters. The van der Waals surface area contributed by atoms with Crippen molar-refractivity contribution in [2.75, 3.05) is 19.6 Å². The zero-order valence-corrected chi connectivity index (χ0v) is 15.2. The minimum Gasteiger partial charge on any atom is -0.444 e. The van der Waals surface area contributed by atoms with Gasteiger partial charge in [0.1, 0.15) is 5.60 Å². The molecule has 0 spiro atoms. The summed E-state index contributed by atoms with van der Waals surface area (Å²) < 4.78 is 5.52. The van der Waals surface area contributed by atoms with Crippen LogP contribution in [0.2, 0.25) is 0 Å². The molecule has 0 aliphatic carbocycles. The predicted octanol–water partition coefficient (Wildman–Crippen LogP) is 3.65. The molecular formula is C18H28N2O2S. The third-order valence-electron chi connectivity index (χ3n) is 4.09. The number of piperidine rings is 1. The lowest BCUT2D eigenvalue weighted by molar-refractivity contribution is 0.0199. The molecule has 0 aromatic heterocycles. The summed E-state index contributed by atoms with van der Waals surface area (Å²) in [6.07, 6.45) is 1.62. The first kappa shape index (κ1) is 18.1. The molecule has 1 aromatic carbocycles. The summed E-state index contributed by atoms with van der Waals surface area (Å²) in [5.41, 5.74) is 6.95. The van der Waals surface area contributed by atoms with Crippen molar-refractivity contribution in [1.29, 1.82) is 0 Å². The van der Waals surface area contributed by atoms with Gasteiger partial charge in [-0.05, 0) is 39.2 Å². The van der Waals surface area contributed by atoms with E-state index in [0.717, 1.165) is 18.6 Å². The topological polar surface area (TPSA) is 55.6 Å². The summed E-state index contributed by atoms with van der Waals surface area (Å²) in [5, 5.41) is 0. The van der Waals surface area contributed by atoms with Crippen LogP contribution in [0.3, 0.4) is 0 Å². The van der Waals surface area contributed by atoms with Crippen LogP contribution in [0, 0.1) is 0 Å². The lowest BCUT2D eigenvalue weighted by Gasteiger charge is -2.41. The van der Waals surface area contributed by atoms with Gasteiger partial charge in [0.2, 0.25) is 0 Å². The largest absolute Gasteiger partial charge is 0.444 e. The van der Waals surface area contributed by atoms with Crippen LogP contribution in [-0.2, 0) is 10.5 Å². The van der Waals surface area contributed by atoms with E-state index in [9.17, 15) is 4.79 Å². The fourth-order valence-corrected chi connectivity index (χ4v) is 3.90. The smallest absolute Gasteiger partial charge is 0.410 e. The van der Waals surface area contributed by atoms with Gasteiger partial charge in [0.05, 0.1) is 0 Å². The highest BCUT2D eigenvalue weighted by molar-refractivity contribution is 7.99. The van der Waals surface area contributed by atoms with E-state index < -0.39 is 5.60 Å². The second-order valence-corrected chi connectivity index (χ2v) is 8.57. The van der Waals surface area contributed by atoms with Gasteiger partial charge in [-0.1, -0.05) is 30.3 Å². The number of thioether (sulfide) groups is 1. The lowest BCUT2D eigenvalue weighted by Crippen LogP contribution is -2.49. The number of hydrogen-bond donors (Lipinski definition) is 1. The van der Waals surface area contributed by atoms with Gasteiger partial charge in [-0.3, -0.25) is 0 Å². The van der Waals surface area contributed by atoms with Crippen molar-refractivity contribution in [1.82, 2.24) is 4.90 Å². The normalized spacial score (nSPS) is 17.8. The molecule has 2 N–H and O–H groups in total. The van der Waals surface area contributed by atoms with Crippen molar-refractivity contribution < 1.29 is 9.53 Å². The number of likely N-dealkylation sites (tertiary alicyclic amines) is 1. The number of carbonyl (C=O) groups is 1. The number of ether oxygens (including phenoxy) is 1. The summed E-state index contributed by atoms with van der Waals surface area (Å²) in [4.78, 5) is 14.0. The second kappa shape index (κ2) is 7.58. The standard InChI is InChI=1S/C18H28N2O2S/c1-17(2,3)22-16(21)20-11-9-18(14-19,10-12-20)23-13-15-7-5-4-6-8-15/h4-8H,9-14,19H2,1-3H3. The molecule has 1 fully saturated rings. The molecule has 5 heteroatoms. The van der Waals surface area contributed by atoms with Gasteiger partial charge in [0.25, 0.3) is 0 Å². The number of hydrogen-bond acceptors (Lipinski definition) is 4. The van der Waals surface area contributed by atoms with Crippen molar-refractivity contribution in [2.45, 2.75) is 49.7 Å². The van der Waals surface area contributed by atoms with Crippen molar-refractivity contribution in [2.24, 2.45) is 5.73 Å². The van der Waals surface area contributed by atoms with Gasteiger partial charge in [-0.2, -0.15) is 0 Å². The number of benzene rings is 1. The molecule has 1 aliphatic heterocycles. The zero-order chi connectivity index (χ0) is 16.9. The summed E-state index contributed by atoms with van der Waals surface area (Å²) in [6, 6.07) is 10.5. The number of nitrogens with zero attached hydrogens (tertiary/aromatic N) is 1. The Balaban J connectivity index is 1.88. The van der Waals surface area contributed by atoms with Crippen LogP contribution in [0.25, 0.3) is 0 Å². The predicted molar refractivity (Wildman–Crippen MR) is 96.6 cm³/mol. The lowest BCUT2D eigenvalue weighted by atomic mass is 9.96. The highest BCUT2D eigenvalue weighted by atomic mass is 32.2. The highest BCUT2D eigenvalue weighted by Gasteiger charge is 2.36. The minimum absolute atomic E-state index is 0.0638. The van der Waals surface area contributed by atoms with E-state index in [1.54, 1.807) is 0 Å². The maximum atomic E-state index is 12.2. The molecule has 0 radical (unpaired) electrons. The quantitative estimate of drug-likeness (QED) is 0.912. The Morgan fingerprint density at radius 2 is 1.87 bits per heavy atom. The fraction of sp³-hybridized carbons (Fsp3) is 0.611. The molecule has 1 aliphatic rings. The van der Waals surface area contributed by atoms with E-state index in [-0.39, 0.29) is 10.8 Å². The zero-order valence-electron chi connectivity index (χ0n) is 14.4. The van der Waals surface area contributed by atoms with Crippen LogP contribution in [0.1, 0.15) is 39.2 Å². The third-order valence-corrected chi connectivity index (χ3v) is 5.75. The molecule has 0 saturated carbocycles. The molecule has 2 rings (SSSR count). The van der Waals surface area contributed by atoms with Gasteiger partial charge in [0, 0.05) is 30.1 Å². The van der Waals surface area contributed by atoms with Crippen molar-refractivity contribution in [3.05, 3.63) is 35.9 Å². The summed E-state index contributed by atoms with van der Waals surface area (Å²) >= 11 is 1.92. The van der Waals surface area contributed by atoms with E-state index >= 15 is 0 Å². The monoisotopic (exact) mass is 336 g/mol. The summed E-state index contributed by atoms with van der Waals surface area (Å²) in [6.45, 7) is 7.77. The molecule has 0 unspecified atom stereocenters. The van der Waals surface area contributed by atoms with Crippen LogP contribution >= 0.6 is 11.8 Å². The summed E-state index contributed by atoms with van der Waals surface area (Å²) in [5.74, 6) is 0.963. The van der Waals surface area contributed by atoms with Gasteiger partial charge in [-0.15, -0.1) is 11.8 Å². The van der Waals surface area contributed by atoms with Crippen LogP contribution in [0.15, 0.2) is 30.3 Å². The minimum atomic E-state index is -0.443. The second-order valence-electron chi connectivity index (χ2n) is 7.13. The molecule has 1 amide bonds. The van der Waals surface area contributed by atoms with Gasteiger partial charge >= 0.3 is 6.09 Å². The van der Waals surface area contributed by atoms with Crippen LogP contribution < -0.4 is 5.73 Å². The van der Waals surface area contributed by atoms with Crippen LogP contribution in [0.4, 0.5) is 4.79 Å². The van der Waals surface area contributed by atoms with Crippen molar-refractivity contribution >= 4 is 17.9 Å². The maximum absolute atomic E-state index is 12.2. The molecule has 23 heavy (non-hydrogen) atoms. The molecule has 128 valence electrons. The Labute approximate surface area is 143 Å². The van der Waals surface area contributed by atoms with Crippen LogP contribution in [0.5, 0.6) is 0 Å². The SMILES string of the molecule is CC(C)(C)OC(=O)N1CCC(CN)(SCc2ccccc2)CC1. The first-order chi connectivity index (χ1) is 10.8. The molecule has 1 heterocycles. The fourth-order valence-electron chi connectivity index (χ4n) is 2.64. The highest BCUT2D eigenvalue weighted by Crippen LogP contribution is 2.37. The van der Waals surface area contributed by atoms with Crippen molar-refractivity contribution in [3.8, 4) is 0 Å². The molecule has 1 saturated heterocycles. The number of rotatable bonds is 4. The van der Waals surface area contributed by atoms with Gasteiger partial charge < -0.3 is 15.4 Å². The molecule has 0 bridgehead atoms.